The van der Waals surface area contributed by atoms with Crippen LogP contribution in [0.25, 0.3) is 0 Å². The van der Waals surface area contributed by atoms with E-state index >= 15 is 0 Å². The molecule has 170 valence electrons. The molecule has 1 saturated heterocycles. The van der Waals surface area contributed by atoms with Crippen LogP contribution in [-0.4, -0.2) is 42.2 Å². The summed E-state index contributed by atoms with van der Waals surface area (Å²) in [5.74, 6) is 0.317. The molecule has 1 heterocycles. The van der Waals surface area contributed by atoms with Crippen LogP contribution in [0.3, 0.4) is 0 Å². The van der Waals surface area contributed by atoms with Crippen molar-refractivity contribution in [1.82, 2.24) is 4.90 Å². The molecule has 0 radical (unpaired) electrons. The number of likely N-dealkylation sites (tertiary alicyclic amines) is 1. The zero-order chi connectivity index (χ0) is 22.9. The second-order valence-corrected chi connectivity index (χ2v) is 8.34. The molecular formula is C25H31N3O4. The summed E-state index contributed by atoms with van der Waals surface area (Å²) in [5, 5.41) is 2.87. The lowest BCUT2D eigenvalue weighted by atomic mass is 9.96. The highest BCUT2D eigenvalue weighted by Crippen LogP contribution is 2.20. The van der Waals surface area contributed by atoms with Gasteiger partial charge in [-0.05, 0) is 74.7 Å². The zero-order valence-corrected chi connectivity index (χ0v) is 18.5. The molecule has 2 amide bonds. The average molecular weight is 438 g/mol. The Balaban J connectivity index is 1.44. The van der Waals surface area contributed by atoms with E-state index in [4.69, 9.17) is 10.5 Å². The third kappa shape index (κ3) is 7.50. The number of amides is 2. The minimum Gasteiger partial charge on any atom is -0.484 e. The van der Waals surface area contributed by atoms with Gasteiger partial charge in [-0.25, -0.2) is 0 Å². The van der Waals surface area contributed by atoms with Crippen molar-refractivity contribution in [2.75, 3.05) is 25.0 Å². The Bertz CT molecular complexity index is 934. The number of aryl methyl sites for hydroxylation is 1. The number of Topliss-reactive ketones (excluding diaryl/α,β-unsaturated/α-hetero) is 1. The number of nitrogens with zero attached hydrogens (tertiary/aromatic N) is 1. The van der Waals surface area contributed by atoms with Crippen molar-refractivity contribution in [2.24, 2.45) is 11.7 Å². The van der Waals surface area contributed by atoms with Crippen molar-refractivity contribution in [2.45, 2.75) is 39.2 Å². The van der Waals surface area contributed by atoms with Crippen LogP contribution in [0.4, 0.5) is 5.69 Å². The Kier molecular flexibility index (Phi) is 8.39. The molecule has 1 aliphatic heterocycles. The van der Waals surface area contributed by atoms with Crippen LogP contribution in [0.1, 0.15) is 37.3 Å². The number of carbonyl (C=O) groups excluding carboxylic acids is 3. The Morgan fingerprint density at radius 3 is 2.44 bits per heavy atom. The fourth-order valence-corrected chi connectivity index (χ4v) is 3.80. The van der Waals surface area contributed by atoms with Gasteiger partial charge in [0.1, 0.15) is 11.5 Å². The number of rotatable bonds is 10. The lowest BCUT2D eigenvalue weighted by molar-refractivity contribution is -0.123. The molecule has 7 heteroatoms. The van der Waals surface area contributed by atoms with Crippen molar-refractivity contribution in [1.29, 1.82) is 0 Å². The summed E-state index contributed by atoms with van der Waals surface area (Å²) in [6.45, 7) is 3.94. The summed E-state index contributed by atoms with van der Waals surface area (Å²) in [5.41, 5.74) is 8.29. The molecule has 32 heavy (non-hydrogen) atoms. The number of primary amides is 1. The highest BCUT2D eigenvalue weighted by Gasteiger charge is 2.23. The third-order valence-corrected chi connectivity index (χ3v) is 5.67. The van der Waals surface area contributed by atoms with Crippen LogP contribution in [-0.2, 0) is 27.3 Å². The second-order valence-electron chi connectivity index (χ2n) is 8.34. The van der Waals surface area contributed by atoms with Gasteiger partial charge in [-0.2, -0.15) is 0 Å². The summed E-state index contributed by atoms with van der Waals surface area (Å²) in [4.78, 5) is 37.0. The van der Waals surface area contributed by atoms with E-state index in [1.165, 1.54) is 0 Å². The first-order valence-electron chi connectivity index (χ1n) is 11.0. The molecule has 2 aromatic carbocycles. The molecule has 1 fully saturated rings. The minimum atomic E-state index is -0.231. The highest BCUT2D eigenvalue weighted by molar-refractivity contribution is 5.91. The first-order valence-corrected chi connectivity index (χ1v) is 11.0. The number of ketones is 1. The standard InChI is InChI=1S/C25H31N3O4/c1-18(29)5-6-19-7-9-23(10-8-19)32-17-24(30)27-22-4-2-3-20(15-22)16-28-13-11-21(12-14-28)25(26)31/h2-4,7-10,15,21H,5-6,11-14,16-17H2,1H3,(H2,26,31)(H,27,30). The SMILES string of the molecule is CC(=O)CCc1ccc(OCC(=O)Nc2cccc(CN3CCC(C(N)=O)CC3)c2)cc1. The molecule has 0 spiro atoms. The topological polar surface area (TPSA) is 102 Å². The molecule has 0 unspecified atom stereocenters. The number of hydrogen-bond acceptors (Lipinski definition) is 5. The van der Waals surface area contributed by atoms with Gasteiger partial charge in [0, 0.05) is 24.6 Å². The van der Waals surface area contributed by atoms with Crippen molar-refractivity contribution < 1.29 is 19.1 Å². The number of nitrogens with two attached hydrogens (primary N) is 1. The average Bonchev–Trinajstić information content (AvgIpc) is 2.77. The van der Waals surface area contributed by atoms with Crippen molar-refractivity contribution in [3.8, 4) is 5.75 Å². The lowest BCUT2D eigenvalue weighted by Gasteiger charge is -2.30. The molecule has 7 nitrogen and oxygen atoms in total. The summed E-state index contributed by atoms with van der Waals surface area (Å²) in [7, 11) is 0. The van der Waals surface area contributed by atoms with Gasteiger partial charge >= 0.3 is 0 Å². The van der Waals surface area contributed by atoms with Gasteiger partial charge in [0.05, 0.1) is 0 Å². The van der Waals surface area contributed by atoms with E-state index in [-0.39, 0.29) is 30.1 Å². The number of carbonyl (C=O) groups is 3. The van der Waals surface area contributed by atoms with E-state index in [0.29, 0.717) is 18.6 Å². The maximum absolute atomic E-state index is 12.3. The molecule has 0 bridgehead atoms. The summed E-state index contributed by atoms with van der Waals surface area (Å²) in [6, 6.07) is 15.2. The lowest BCUT2D eigenvalue weighted by Crippen LogP contribution is -2.38. The fourth-order valence-electron chi connectivity index (χ4n) is 3.80. The van der Waals surface area contributed by atoms with E-state index in [0.717, 1.165) is 49.3 Å². The van der Waals surface area contributed by atoms with Crippen molar-refractivity contribution in [3.05, 3.63) is 59.7 Å². The molecule has 0 aliphatic carbocycles. The molecule has 0 aromatic heterocycles. The van der Waals surface area contributed by atoms with Crippen LogP contribution in [0.5, 0.6) is 5.75 Å². The molecule has 0 saturated carbocycles. The summed E-state index contributed by atoms with van der Waals surface area (Å²) >= 11 is 0. The second kappa shape index (κ2) is 11.4. The zero-order valence-electron chi connectivity index (χ0n) is 18.5. The van der Waals surface area contributed by atoms with E-state index in [2.05, 4.69) is 10.2 Å². The normalized spacial score (nSPS) is 14.7. The molecular weight excluding hydrogens is 406 g/mol. The summed E-state index contributed by atoms with van der Waals surface area (Å²) in [6.07, 6.45) is 2.81. The Hall–Kier alpha value is -3.19. The van der Waals surface area contributed by atoms with E-state index < -0.39 is 0 Å². The molecule has 1 aliphatic rings. The van der Waals surface area contributed by atoms with Crippen LogP contribution in [0, 0.1) is 5.92 Å². The van der Waals surface area contributed by atoms with E-state index in [1.54, 1.807) is 6.92 Å². The first-order chi connectivity index (χ1) is 15.4. The first kappa shape index (κ1) is 23.5. The monoisotopic (exact) mass is 437 g/mol. The van der Waals surface area contributed by atoms with E-state index in [1.807, 2.05) is 48.5 Å². The third-order valence-electron chi connectivity index (χ3n) is 5.67. The number of benzene rings is 2. The molecule has 0 atom stereocenters. The van der Waals surface area contributed by atoms with Gasteiger partial charge in [-0.3, -0.25) is 14.5 Å². The summed E-state index contributed by atoms with van der Waals surface area (Å²) < 4.78 is 5.58. The number of nitrogens with one attached hydrogen (secondary N) is 1. The van der Waals surface area contributed by atoms with Gasteiger partial charge in [0.15, 0.2) is 6.61 Å². The maximum atomic E-state index is 12.3. The number of hydrogen-bond donors (Lipinski definition) is 2. The maximum Gasteiger partial charge on any atom is 0.262 e. The minimum absolute atomic E-state index is 0.0198. The van der Waals surface area contributed by atoms with Gasteiger partial charge in [0.25, 0.3) is 5.91 Å². The predicted molar refractivity (Wildman–Crippen MR) is 123 cm³/mol. The van der Waals surface area contributed by atoms with Crippen molar-refractivity contribution >= 4 is 23.3 Å². The fraction of sp³-hybridized carbons (Fsp3) is 0.400. The van der Waals surface area contributed by atoms with E-state index in [9.17, 15) is 14.4 Å². The Labute approximate surface area is 188 Å². The van der Waals surface area contributed by atoms with Gasteiger partial charge < -0.3 is 20.6 Å². The van der Waals surface area contributed by atoms with Crippen LogP contribution in [0.15, 0.2) is 48.5 Å². The van der Waals surface area contributed by atoms with Gasteiger partial charge in [0.2, 0.25) is 5.91 Å². The quantitative estimate of drug-likeness (QED) is 0.595. The number of anilines is 1. The van der Waals surface area contributed by atoms with Crippen LogP contribution >= 0.6 is 0 Å². The smallest absolute Gasteiger partial charge is 0.262 e. The van der Waals surface area contributed by atoms with Crippen LogP contribution < -0.4 is 15.8 Å². The molecule has 3 rings (SSSR count). The van der Waals surface area contributed by atoms with Crippen LogP contribution in [0.2, 0.25) is 0 Å². The molecule has 3 N–H and O–H groups in total. The predicted octanol–water partition coefficient (Wildman–Crippen LogP) is 2.92. The number of ether oxygens (including phenoxy) is 1. The van der Waals surface area contributed by atoms with Gasteiger partial charge in [-0.15, -0.1) is 0 Å². The molecule has 2 aromatic rings. The largest absolute Gasteiger partial charge is 0.484 e. The van der Waals surface area contributed by atoms with Gasteiger partial charge in [-0.1, -0.05) is 24.3 Å². The van der Waals surface area contributed by atoms with Crippen molar-refractivity contribution in [3.63, 3.8) is 0 Å². The number of piperidine rings is 1. The Morgan fingerprint density at radius 1 is 1.06 bits per heavy atom. The Morgan fingerprint density at radius 2 is 1.78 bits per heavy atom. The highest BCUT2D eigenvalue weighted by atomic mass is 16.5.